The van der Waals surface area contributed by atoms with E-state index in [2.05, 4.69) is 17.3 Å². The Morgan fingerprint density at radius 3 is 2.53 bits per heavy atom. The average molecular weight is 270 g/mol. The molecule has 1 fully saturated rings. The average Bonchev–Trinajstić information content (AvgIpc) is 2.96. The van der Waals surface area contributed by atoms with E-state index in [-0.39, 0.29) is 5.97 Å². The van der Waals surface area contributed by atoms with Crippen molar-refractivity contribution in [2.24, 2.45) is 0 Å². The highest BCUT2D eigenvalue weighted by Crippen LogP contribution is 2.23. The third kappa shape index (κ3) is 4.77. The summed E-state index contributed by atoms with van der Waals surface area (Å²) in [5, 5.41) is 3.08. The SMILES string of the molecule is CNC(C)(CCCCN(C)C1CCCC1)C(=O)OC. The molecule has 112 valence electrons. The van der Waals surface area contributed by atoms with Crippen LogP contribution in [0, 0.1) is 0 Å². The Hall–Kier alpha value is -0.610. The zero-order valence-electron chi connectivity index (χ0n) is 13.0. The maximum absolute atomic E-state index is 11.7. The molecule has 0 saturated heterocycles. The molecule has 0 aromatic carbocycles. The summed E-state index contributed by atoms with van der Waals surface area (Å²) in [6, 6.07) is 0.788. The second kappa shape index (κ2) is 7.85. The van der Waals surface area contributed by atoms with Crippen molar-refractivity contribution in [1.29, 1.82) is 0 Å². The molecule has 1 aliphatic rings. The van der Waals surface area contributed by atoms with Crippen molar-refractivity contribution in [3.63, 3.8) is 0 Å². The summed E-state index contributed by atoms with van der Waals surface area (Å²) in [6.07, 6.45) is 8.49. The predicted octanol–water partition coefficient (Wildman–Crippen LogP) is 2.18. The third-order valence-corrected chi connectivity index (χ3v) is 4.57. The molecule has 1 rings (SSSR count). The first-order valence-electron chi connectivity index (χ1n) is 7.51. The lowest BCUT2D eigenvalue weighted by atomic mass is 9.95. The molecule has 4 nitrogen and oxygen atoms in total. The van der Waals surface area contributed by atoms with Gasteiger partial charge in [0.05, 0.1) is 7.11 Å². The zero-order valence-corrected chi connectivity index (χ0v) is 13.0. The summed E-state index contributed by atoms with van der Waals surface area (Å²) in [4.78, 5) is 14.2. The second-order valence-corrected chi connectivity index (χ2v) is 5.95. The van der Waals surface area contributed by atoms with Gasteiger partial charge in [-0.1, -0.05) is 12.8 Å². The maximum atomic E-state index is 11.7. The highest BCUT2D eigenvalue weighted by Gasteiger charge is 2.31. The number of nitrogens with zero attached hydrogens (tertiary/aromatic N) is 1. The van der Waals surface area contributed by atoms with Crippen molar-refractivity contribution in [2.45, 2.75) is 63.5 Å². The van der Waals surface area contributed by atoms with Crippen LogP contribution < -0.4 is 5.32 Å². The first-order chi connectivity index (χ1) is 9.03. The number of carbonyl (C=O) groups excluding carboxylic acids is 1. The summed E-state index contributed by atoms with van der Waals surface area (Å²) in [5.74, 6) is -0.167. The Morgan fingerprint density at radius 1 is 1.37 bits per heavy atom. The molecule has 1 atom stereocenters. The van der Waals surface area contributed by atoms with E-state index in [1.807, 2.05) is 14.0 Å². The minimum atomic E-state index is -0.541. The van der Waals surface area contributed by atoms with Crippen LogP contribution in [0.5, 0.6) is 0 Å². The van der Waals surface area contributed by atoms with Gasteiger partial charge in [-0.2, -0.15) is 0 Å². The summed E-state index contributed by atoms with van der Waals surface area (Å²) in [6.45, 7) is 3.05. The summed E-state index contributed by atoms with van der Waals surface area (Å²) in [5.41, 5.74) is -0.541. The molecule has 0 aliphatic heterocycles. The molecule has 1 saturated carbocycles. The Balaban J connectivity index is 2.23. The van der Waals surface area contributed by atoms with Crippen LogP contribution >= 0.6 is 0 Å². The standard InChI is InChI=1S/C15H30N2O2/c1-15(16-2,14(18)19-4)11-7-8-12-17(3)13-9-5-6-10-13/h13,16H,5-12H2,1-4H3. The topological polar surface area (TPSA) is 41.6 Å². The fourth-order valence-electron chi connectivity index (χ4n) is 2.92. The molecule has 1 unspecified atom stereocenters. The van der Waals surface area contributed by atoms with Gasteiger partial charge in [0.2, 0.25) is 0 Å². The molecule has 0 heterocycles. The van der Waals surface area contributed by atoms with E-state index < -0.39 is 5.54 Å². The summed E-state index contributed by atoms with van der Waals surface area (Å²) < 4.78 is 4.85. The van der Waals surface area contributed by atoms with Crippen molar-refractivity contribution < 1.29 is 9.53 Å². The van der Waals surface area contributed by atoms with Gasteiger partial charge in [-0.05, 0) is 59.7 Å². The highest BCUT2D eigenvalue weighted by atomic mass is 16.5. The van der Waals surface area contributed by atoms with Crippen LogP contribution in [0.15, 0.2) is 0 Å². The van der Waals surface area contributed by atoms with Crippen molar-refractivity contribution in [3.8, 4) is 0 Å². The largest absolute Gasteiger partial charge is 0.468 e. The molecule has 0 spiro atoms. The number of nitrogens with one attached hydrogen (secondary N) is 1. The van der Waals surface area contributed by atoms with Crippen LogP contribution in [0.2, 0.25) is 0 Å². The number of methoxy groups -OCH3 is 1. The number of hydrogen-bond acceptors (Lipinski definition) is 4. The van der Waals surface area contributed by atoms with E-state index in [0.29, 0.717) is 0 Å². The van der Waals surface area contributed by atoms with Crippen LogP contribution in [-0.4, -0.2) is 50.2 Å². The molecule has 0 amide bonds. The van der Waals surface area contributed by atoms with E-state index in [4.69, 9.17) is 4.74 Å². The quantitative estimate of drug-likeness (QED) is 0.542. The molecule has 0 bridgehead atoms. The first kappa shape index (κ1) is 16.4. The van der Waals surface area contributed by atoms with Gasteiger partial charge < -0.3 is 15.0 Å². The van der Waals surface area contributed by atoms with Crippen LogP contribution in [0.3, 0.4) is 0 Å². The maximum Gasteiger partial charge on any atom is 0.325 e. The number of rotatable bonds is 8. The Morgan fingerprint density at radius 2 is 2.00 bits per heavy atom. The van der Waals surface area contributed by atoms with E-state index in [0.717, 1.165) is 31.8 Å². The van der Waals surface area contributed by atoms with E-state index in [1.54, 1.807) is 0 Å². The van der Waals surface area contributed by atoms with Crippen LogP contribution in [-0.2, 0) is 9.53 Å². The zero-order chi connectivity index (χ0) is 14.3. The van der Waals surface area contributed by atoms with Crippen LogP contribution in [0.4, 0.5) is 0 Å². The highest BCUT2D eigenvalue weighted by molar-refractivity contribution is 5.80. The number of ether oxygens (including phenoxy) is 1. The minimum absolute atomic E-state index is 0.167. The van der Waals surface area contributed by atoms with Crippen LogP contribution in [0.1, 0.15) is 51.9 Å². The number of carbonyl (C=O) groups is 1. The van der Waals surface area contributed by atoms with Crippen molar-refractivity contribution in [2.75, 3.05) is 27.7 Å². The molecule has 0 radical (unpaired) electrons. The van der Waals surface area contributed by atoms with E-state index in [9.17, 15) is 4.79 Å². The molecule has 19 heavy (non-hydrogen) atoms. The molecular formula is C15H30N2O2. The van der Waals surface area contributed by atoms with Gasteiger partial charge in [0.1, 0.15) is 5.54 Å². The van der Waals surface area contributed by atoms with Gasteiger partial charge >= 0.3 is 5.97 Å². The molecule has 0 aromatic heterocycles. The Kier molecular flexibility index (Phi) is 6.80. The second-order valence-electron chi connectivity index (χ2n) is 5.95. The summed E-state index contributed by atoms with van der Waals surface area (Å²) >= 11 is 0. The van der Waals surface area contributed by atoms with Crippen molar-refractivity contribution >= 4 is 5.97 Å². The number of esters is 1. The molecule has 0 aromatic rings. The number of likely N-dealkylation sites (N-methyl/N-ethyl adjacent to an activating group) is 1. The van der Waals surface area contributed by atoms with Gasteiger partial charge in [0.25, 0.3) is 0 Å². The lowest BCUT2D eigenvalue weighted by Gasteiger charge is -2.27. The van der Waals surface area contributed by atoms with E-state index in [1.165, 1.54) is 32.8 Å². The minimum Gasteiger partial charge on any atom is -0.468 e. The lowest BCUT2D eigenvalue weighted by Crippen LogP contribution is -2.48. The number of hydrogen-bond donors (Lipinski definition) is 1. The van der Waals surface area contributed by atoms with Gasteiger partial charge in [0.15, 0.2) is 0 Å². The first-order valence-corrected chi connectivity index (χ1v) is 7.51. The lowest BCUT2D eigenvalue weighted by molar-refractivity contribution is -0.148. The predicted molar refractivity (Wildman–Crippen MR) is 78.2 cm³/mol. The van der Waals surface area contributed by atoms with Gasteiger partial charge in [-0.3, -0.25) is 4.79 Å². The van der Waals surface area contributed by atoms with Gasteiger partial charge in [-0.25, -0.2) is 0 Å². The Bertz CT molecular complexity index is 277. The Labute approximate surface area is 117 Å². The molecule has 4 heteroatoms. The fraction of sp³-hybridized carbons (Fsp3) is 0.933. The molecule has 1 N–H and O–H groups in total. The van der Waals surface area contributed by atoms with Crippen molar-refractivity contribution in [3.05, 3.63) is 0 Å². The smallest absolute Gasteiger partial charge is 0.325 e. The summed E-state index contributed by atoms with van der Waals surface area (Å²) in [7, 11) is 5.50. The monoisotopic (exact) mass is 270 g/mol. The third-order valence-electron chi connectivity index (χ3n) is 4.57. The number of unbranched alkanes of at least 4 members (excludes halogenated alkanes) is 1. The molecular weight excluding hydrogens is 240 g/mol. The molecule has 1 aliphatic carbocycles. The van der Waals surface area contributed by atoms with Crippen molar-refractivity contribution in [1.82, 2.24) is 10.2 Å². The van der Waals surface area contributed by atoms with E-state index >= 15 is 0 Å². The normalized spacial score (nSPS) is 19.6. The van der Waals surface area contributed by atoms with Gasteiger partial charge in [-0.15, -0.1) is 0 Å². The fourth-order valence-corrected chi connectivity index (χ4v) is 2.92. The van der Waals surface area contributed by atoms with Gasteiger partial charge in [0, 0.05) is 6.04 Å². The van der Waals surface area contributed by atoms with Crippen LogP contribution in [0.25, 0.3) is 0 Å².